The van der Waals surface area contributed by atoms with E-state index in [0.29, 0.717) is 5.92 Å². The molecule has 0 fully saturated rings. The highest BCUT2D eigenvalue weighted by molar-refractivity contribution is 9.09. The van der Waals surface area contributed by atoms with E-state index in [4.69, 9.17) is 4.74 Å². The summed E-state index contributed by atoms with van der Waals surface area (Å²) >= 11 is 3.59. The number of benzene rings is 1. The van der Waals surface area contributed by atoms with Crippen molar-refractivity contribution in [2.45, 2.75) is 25.2 Å². The lowest BCUT2D eigenvalue weighted by molar-refractivity contribution is 0.191. The molecule has 84 valence electrons. The number of methoxy groups -OCH3 is 1. The fraction of sp³-hybridized carbons (Fsp3) is 0.538. The van der Waals surface area contributed by atoms with Crippen molar-refractivity contribution in [3.05, 3.63) is 35.9 Å². The molecule has 2 heteroatoms. The number of hydrogen-bond donors (Lipinski definition) is 0. The Kier molecular flexibility index (Phi) is 6.69. The average molecular weight is 271 g/mol. The van der Waals surface area contributed by atoms with Crippen molar-refractivity contribution in [3.8, 4) is 0 Å². The Labute approximate surface area is 101 Å². The summed E-state index contributed by atoms with van der Waals surface area (Å²) in [5.41, 5.74) is 1.44. The lowest BCUT2D eigenvalue weighted by Gasteiger charge is -2.13. The zero-order chi connectivity index (χ0) is 10.9. The molecule has 1 aromatic carbocycles. The standard InChI is InChI=1S/C13H19BrO/c1-15-10-6-5-9-13(11-14)12-7-3-2-4-8-12/h2-4,7-8,13H,5-6,9-11H2,1H3. The van der Waals surface area contributed by atoms with Crippen LogP contribution >= 0.6 is 15.9 Å². The first kappa shape index (κ1) is 12.7. The number of halogens is 1. The van der Waals surface area contributed by atoms with Gasteiger partial charge in [-0.1, -0.05) is 52.7 Å². The van der Waals surface area contributed by atoms with Crippen LogP contribution in [0.4, 0.5) is 0 Å². The third kappa shape index (κ3) is 4.80. The van der Waals surface area contributed by atoms with Crippen LogP contribution in [0.25, 0.3) is 0 Å². The number of unbranched alkanes of at least 4 members (excludes halogenated alkanes) is 1. The van der Waals surface area contributed by atoms with Crippen molar-refractivity contribution in [2.24, 2.45) is 0 Å². The summed E-state index contributed by atoms with van der Waals surface area (Å²) in [5.74, 6) is 0.642. The van der Waals surface area contributed by atoms with E-state index >= 15 is 0 Å². The number of rotatable bonds is 7. The molecule has 0 aliphatic carbocycles. The number of hydrogen-bond acceptors (Lipinski definition) is 1. The van der Waals surface area contributed by atoms with Crippen LogP contribution in [-0.2, 0) is 4.74 Å². The highest BCUT2D eigenvalue weighted by atomic mass is 79.9. The van der Waals surface area contributed by atoms with E-state index < -0.39 is 0 Å². The SMILES string of the molecule is COCCCCC(CBr)c1ccccc1. The van der Waals surface area contributed by atoms with Crippen molar-refractivity contribution in [3.63, 3.8) is 0 Å². The molecule has 1 nitrogen and oxygen atoms in total. The van der Waals surface area contributed by atoms with Crippen molar-refractivity contribution in [1.82, 2.24) is 0 Å². The van der Waals surface area contributed by atoms with Gasteiger partial charge in [0.1, 0.15) is 0 Å². The molecular weight excluding hydrogens is 252 g/mol. The van der Waals surface area contributed by atoms with Gasteiger partial charge in [0.05, 0.1) is 0 Å². The minimum absolute atomic E-state index is 0.642. The van der Waals surface area contributed by atoms with Crippen LogP contribution in [0.15, 0.2) is 30.3 Å². The molecule has 0 radical (unpaired) electrons. The average Bonchev–Trinajstić information content (AvgIpc) is 2.30. The molecule has 0 N–H and O–H groups in total. The molecule has 1 aromatic rings. The Hall–Kier alpha value is -0.340. The highest BCUT2D eigenvalue weighted by Crippen LogP contribution is 2.23. The van der Waals surface area contributed by atoms with Crippen molar-refractivity contribution >= 4 is 15.9 Å². The maximum atomic E-state index is 5.05. The molecule has 0 saturated carbocycles. The predicted molar refractivity (Wildman–Crippen MR) is 68.7 cm³/mol. The van der Waals surface area contributed by atoms with E-state index in [1.165, 1.54) is 18.4 Å². The second-order valence-electron chi connectivity index (χ2n) is 3.75. The predicted octanol–water partition coefficient (Wildman–Crippen LogP) is 3.98. The molecule has 15 heavy (non-hydrogen) atoms. The van der Waals surface area contributed by atoms with Crippen LogP contribution in [-0.4, -0.2) is 19.0 Å². The number of ether oxygens (including phenoxy) is 1. The van der Waals surface area contributed by atoms with Gasteiger partial charge in [-0.15, -0.1) is 0 Å². The molecule has 0 bridgehead atoms. The Morgan fingerprint density at radius 2 is 1.93 bits per heavy atom. The molecule has 0 amide bonds. The number of alkyl halides is 1. The van der Waals surface area contributed by atoms with Gasteiger partial charge in [-0.05, 0) is 24.3 Å². The lowest BCUT2D eigenvalue weighted by atomic mass is 9.96. The quantitative estimate of drug-likeness (QED) is 0.538. The first-order valence-electron chi connectivity index (χ1n) is 5.48. The Morgan fingerprint density at radius 1 is 1.20 bits per heavy atom. The van der Waals surface area contributed by atoms with Gasteiger partial charge in [0.2, 0.25) is 0 Å². The lowest BCUT2D eigenvalue weighted by Crippen LogP contribution is -2.01. The summed E-state index contributed by atoms with van der Waals surface area (Å²) in [6, 6.07) is 10.7. The summed E-state index contributed by atoms with van der Waals surface area (Å²) in [5, 5.41) is 1.05. The van der Waals surface area contributed by atoms with Gasteiger partial charge in [0, 0.05) is 19.0 Å². The van der Waals surface area contributed by atoms with Crippen LogP contribution in [0.2, 0.25) is 0 Å². The Bertz CT molecular complexity index is 248. The zero-order valence-electron chi connectivity index (χ0n) is 9.29. The maximum absolute atomic E-state index is 5.05. The van der Waals surface area contributed by atoms with Crippen LogP contribution in [0.5, 0.6) is 0 Å². The van der Waals surface area contributed by atoms with Gasteiger partial charge in [0.25, 0.3) is 0 Å². The van der Waals surface area contributed by atoms with Crippen LogP contribution in [0, 0.1) is 0 Å². The van der Waals surface area contributed by atoms with E-state index in [1.54, 1.807) is 7.11 Å². The summed E-state index contributed by atoms with van der Waals surface area (Å²) < 4.78 is 5.05. The molecular formula is C13H19BrO. The highest BCUT2D eigenvalue weighted by Gasteiger charge is 2.08. The van der Waals surface area contributed by atoms with Gasteiger partial charge in [-0.2, -0.15) is 0 Å². The monoisotopic (exact) mass is 270 g/mol. The molecule has 0 spiro atoms. The van der Waals surface area contributed by atoms with Crippen LogP contribution in [0.3, 0.4) is 0 Å². The second kappa shape index (κ2) is 7.89. The third-order valence-electron chi connectivity index (χ3n) is 2.61. The molecule has 0 aliphatic heterocycles. The van der Waals surface area contributed by atoms with E-state index in [1.807, 2.05) is 0 Å². The van der Waals surface area contributed by atoms with Gasteiger partial charge in [-0.25, -0.2) is 0 Å². The summed E-state index contributed by atoms with van der Waals surface area (Å²) in [7, 11) is 1.76. The fourth-order valence-corrected chi connectivity index (χ4v) is 2.39. The summed E-state index contributed by atoms with van der Waals surface area (Å²) in [6.45, 7) is 0.879. The molecule has 1 atom stereocenters. The van der Waals surface area contributed by atoms with Gasteiger partial charge >= 0.3 is 0 Å². The first-order chi connectivity index (χ1) is 7.38. The van der Waals surface area contributed by atoms with Crippen molar-refractivity contribution in [2.75, 3.05) is 19.0 Å². The maximum Gasteiger partial charge on any atom is 0.0462 e. The largest absolute Gasteiger partial charge is 0.385 e. The summed E-state index contributed by atoms with van der Waals surface area (Å²) in [6.07, 6.45) is 3.63. The molecule has 0 aromatic heterocycles. The van der Waals surface area contributed by atoms with Gasteiger partial charge in [0.15, 0.2) is 0 Å². The van der Waals surface area contributed by atoms with Crippen LogP contribution in [0.1, 0.15) is 30.7 Å². The molecule has 1 unspecified atom stereocenters. The minimum atomic E-state index is 0.642. The van der Waals surface area contributed by atoms with E-state index in [2.05, 4.69) is 46.3 Å². The van der Waals surface area contributed by atoms with E-state index in [0.717, 1.165) is 18.4 Å². The molecule has 0 saturated heterocycles. The normalized spacial score (nSPS) is 12.7. The Balaban J connectivity index is 2.36. The van der Waals surface area contributed by atoms with E-state index in [9.17, 15) is 0 Å². The first-order valence-corrected chi connectivity index (χ1v) is 6.60. The van der Waals surface area contributed by atoms with Gasteiger partial charge in [-0.3, -0.25) is 0 Å². The fourth-order valence-electron chi connectivity index (χ4n) is 1.70. The molecule has 1 rings (SSSR count). The molecule has 0 heterocycles. The molecule has 0 aliphatic rings. The van der Waals surface area contributed by atoms with Crippen molar-refractivity contribution in [1.29, 1.82) is 0 Å². The van der Waals surface area contributed by atoms with Gasteiger partial charge < -0.3 is 4.74 Å². The topological polar surface area (TPSA) is 9.23 Å². The smallest absolute Gasteiger partial charge is 0.0462 e. The third-order valence-corrected chi connectivity index (χ3v) is 3.39. The van der Waals surface area contributed by atoms with Crippen LogP contribution < -0.4 is 0 Å². The van der Waals surface area contributed by atoms with Crippen molar-refractivity contribution < 1.29 is 4.74 Å². The second-order valence-corrected chi connectivity index (χ2v) is 4.40. The zero-order valence-corrected chi connectivity index (χ0v) is 10.9. The Morgan fingerprint density at radius 3 is 2.53 bits per heavy atom. The summed E-state index contributed by atoms with van der Waals surface area (Å²) in [4.78, 5) is 0. The minimum Gasteiger partial charge on any atom is -0.385 e. The van der Waals surface area contributed by atoms with E-state index in [-0.39, 0.29) is 0 Å².